The number of nitrogens with one attached hydrogen (secondary N) is 2. The van der Waals surface area contributed by atoms with Crippen LogP contribution in [0.4, 0.5) is 4.79 Å². The SMILES string of the molecule is CC(=O)O[C@H]1C(=O)[C@@]2(C)C(C(OC(=O)c3ccccc3)[C@]3(O)C[C@H](OC(=O)[C@H](O)[C@@H](NC(=O)c4ccccc4)c4ccccc4)C(C)=C1C3(C)C)[C@]1(OC(C)=O)CO[C@@H]1C[C@@H]2OC(=O)CCOCCOCCOCCOCCNC(=O)OCc1ccccc1. The van der Waals surface area contributed by atoms with Crippen molar-refractivity contribution in [3.8, 4) is 0 Å². The Kier molecular flexibility index (Phi) is 22.7. The zero-order valence-electron chi connectivity index (χ0n) is 50.7. The Bertz CT molecular complexity index is 3150. The van der Waals surface area contributed by atoms with Crippen molar-refractivity contribution < 1.29 is 101 Å². The number of Topliss-reactive ketones (excluding diaryl/α,β-unsaturated/α-hetero) is 1. The third-order valence-corrected chi connectivity index (χ3v) is 17.0. The molecule has 89 heavy (non-hydrogen) atoms. The maximum absolute atomic E-state index is 16.3. The van der Waals surface area contributed by atoms with Crippen molar-refractivity contribution >= 4 is 47.6 Å². The molecule has 2 bridgehead atoms. The molecule has 3 fully saturated rings. The molecule has 4 N–H and O–H groups in total. The molecule has 23 nitrogen and oxygen atoms in total. The normalized spacial score (nSPS) is 25.6. The Morgan fingerprint density at radius 2 is 1.25 bits per heavy atom. The third-order valence-electron chi connectivity index (χ3n) is 17.0. The predicted octanol–water partition coefficient (Wildman–Crippen LogP) is 5.67. The van der Waals surface area contributed by atoms with Crippen LogP contribution in [-0.2, 0) is 82.7 Å². The van der Waals surface area contributed by atoms with E-state index in [4.69, 9.17) is 52.1 Å². The van der Waals surface area contributed by atoms with E-state index in [1.54, 1.807) is 92.7 Å². The Morgan fingerprint density at radius 3 is 1.82 bits per heavy atom. The number of hydrogen-bond acceptors (Lipinski definition) is 21. The molecule has 23 heteroatoms. The molecule has 11 atom stereocenters. The van der Waals surface area contributed by atoms with Crippen molar-refractivity contribution in [3.63, 3.8) is 0 Å². The van der Waals surface area contributed by atoms with Gasteiger partial charge in [0.05, 0.1) is 88.8 Å². The Labute approximate surface area is 515 Å². The van der Waals surface area contributed by atoms with Crippen molar-refractivity contribution in [2.24, 2.45) is 16.7 Å². The van der Waals surface area contributed by atoms with Gasteiger partial charge in [-0.15, -0.1) is 0 Å². The number of ether oxygens (including phenoxy) is 11. The van der Waals surface area contributed by atoms with E-state index in [1.165, 1.54) is 26.0 Å². The molecule has 0 radical (unpaired) electrons. The molecule has 1 saturated heterocycles. The number of alkyl carbamates (subject to hydrolysis) is 1. The van der Waals surface area contributed by atoms with Crippen molar-refractivity contribution in [2.45, 2.75) is 121 Å². The van der Waals surface area contributed by atoms with Gasteiger partial charge in [-0.3, -0.25) is 24.0 Å². The van der Waals surface area contributed by atoms with Gasteiger partial charge >= 0.3 is 35.9 Å². The van der Waals surface area contributed by atoms with Crippen LogP contribution in [0.1, 0.15) is 98.7 Å². The number of esters is 5. The first-order valence-electron chi connectivity index (χ1n) is 29.6. The van der Waals surface area contributed by atoms with Crippen molar-refractivity contribution in [1.29, 1.82) is 0 Å². The lowest BCUT2D eigenvalue weighted by molar-refractivity contribution is -0.346. The average molecular weight is 1240 g/mol. The Balaban J connectivity index is 0.998. The molecular weight excluding hydrogens is 1160 g/mol. The van der Waals surface area contributed by atoms with Gasteiger partial charge in [-0.25, -0.2) is 14.4 Å². The molecule has 4 aromatic rings. The van der Waals surface area contributed by atoms with Crippen LogP contribution >= 0.6 is 0 Å². The molecule has 2 saturated carbocycles. The molecule has 4 aromatic carbocycles. The second-order valence-corrected chi connectivity index (χ2v) is 23.0. The minimum atomic E-state index is -2.51. The van der Waals surface area contributed by atoms with Crippen LogP contribution in [0.2, 0.25) is 0 Å². The van der Waals surface area contributed by atoms with Crippen LogP contribution in [0.5, 0.6) is 0 Å². The summed E-state index contributed by atoms with van der Waals surface area (Å²) in [6.45, 7) is 9.62. The van der Waals surface area contributed by atoms with Gasteiger partial charge in [-0.05, 0) is 60.4 Å². The molecule has 0 aromatic heterocycles. The van der Waals surface area contributed by atoms with E-state index in [1.807, 2.05) is 30.3 Å². The van der Waals surface area contributed by atoms with Crippen LogP contribution in [0.15, 0.2) is 132 Å². The zero-order chi connectivity index (χ0) is 63.9. The lowest BCUT2D eigenvalue weighted by Gasteiger charge is -2.67. The molecule has 3 aliphatic carbocycles. The molecule has 1 heterocycles. The van der Waals surface area contributed by atoms with Crippen molar-refractivity contribution in [2.75, 3.05) is 66.0 Å². The highest BCUT2D eigenvalue weighted by molar-refractivity contribution is 5.96. The summed E-state index contributed by atoms with van der Waals surface area (Å²) in [6.07, 6.45) is -12.0. The summed E-state index contributed by atoms with van der Waals surface area (Å²) in [4.78, 5) is 112. The Hall–Kier alpha value is -7.90. The molecule has 478 valence electrons. The lowest BCUT2D eigenvalue weighted by Crippen LogP contribution is -2.82. The topological polar surface area (TPSA) is 303 Å². The second kappa shape index (κ2) is 30.1. The summed E-state index contributed by atoms with van der Waals surface area (Å²) in [5.74, 6) is -8.10. The van der Waals surface area contributed by atoms with Crippen LogP contribution in [-0.4, -0.2) is 172 Å². The first kappa shape index (κ1) is 67.0. The quantitative estimate of drug-likeness (QED) is 0.0230. The van der Waals surface area contributed by atoms with E-state index in [2.05, 4.69) is 10.6 Å². The summed E-state index contributed by atoms with van der Waals surface area (Å²) in [5, 5.41) is 31.5. The minimum Gasteiger partial charge on any atom is -0.461 e. The van der Waals surface area contributed by atoms with Crippen LogP contribution in [0.25, 0.3) is 0 Å². The fourth-order valence-electron chi connectivity index (χ4n) is 12.5. The second-order valence-electron chi connectivity index (χ2n) is 23.0. The van der Waals surface area contributed by atoms with Crippen LogP contribution in [0, 0.1) is 16.7 Å². The first-order chi connectivity index (χ1) is 42.6. The van der Waals surface area contributed by atoms with Gasteiger partial charge in [0, 0.05) is 44.2 Å². The molecule has 4 aliphatic rings. The van der Waals surface area contributed by atoms with E-state index in [0.717, 1.165) is 19.4 Å². The number of ketones is 1. The fraction of sp³-hybridized carbons (Fsp3) is 0.485. The summed E-state index contributed by atoms with van der Waals surface area (Å²) < 4.78 is 65.0. The summed E-state index contributed by atoms with van der Waals surface area (Å²) in [7, 11) is 0. The number of rotatable bonds is 28. The van der Waals surface area contributed by atoms with Crippen molar-refractivity contribution in [3.05, 3.63) is 155 Å². The fourth-order valence-corrected chi connectivity index (χ4v) is 12.5. The minimum absolute atomic E-state index is 0.0179. The molecule has 8 rings (SSSR count). The zero-order valence-corrected chi connectivity index (χ0v) is 50.7. The highest BCUT2D eigenvalue weighted by Crippen LogP contribution is 2.65. The molecule has 2 unspecified atom stereocenters. The number of aliphatic hydroxyl groups excluding tert-OH is 1. The number of aliphatic hydroxyl groups is 2. The average Bonchev–Trinajstić information content (AvgIpc) is 0.672. The van der Waals surface area contributed by atoms with Gasteiger partial charge in [0.1, 0.15) is 36.6 Å². The smallest absolute Gasteiger partial charge is 0.407 e. The van der Waals surface area contributed by atoms with Gasteiger partial charge in [-0.2, -0.15) is 0 Å². The van der Waals surface area contributed by atoms with Crippen LogP contribution < -0.4 is 10.6 Å². The highest BCUT2D eigenvalue weighted by atomic mass is 16.6. The van der Waals surface area contributed by atoms with Gasteiger partial charge in [0.15, 0.2) is 23.6 Å². The van der Waals surface area contributed by atoms with Gasteiger partial charge in [0.25, 0.3) is 5.91 Å². The maximum Gasteiger partial charge on any atom is 0.407 e. The largest absolute Gasteiger partial charge is 0.461 e. The highest BCUT2D eigenvalue weighted by Gasteiger charge is 2.79. The van der Waals surface area contributed by atoms with E-state index in [0.29, 0.717) is 5.56 Å². The van der Waals surface area contributed by atoms with Crippen molar-refractivity contribution in [1.82, 2.24) is 10.6 Å². The molecule has 2 amide bonds. The monoisotopic (exact) mass is 1230 g/mol. The Morgan fingerprint density at radius 1 is 0.685 bits per heavy atom. The first-order valence-corrected chi connectivity index (χ1v) is 29.6. The van der Waals surface area contributed by atoms with E-state index in [-0.39, 0.29) is 101 Å². The third kappa shape index (κ3) is 15.4. The van der Waals surface area contributed by atoms with Crippen LogP contribution in [0.3, 0.4) is 0 Å². The summed E-state index contributed by atoms with van der Waals surface area (Å²) >= 11 is 0. The number of hydrogen-bond donors (Lipinski definition) is 4. The van der Waals surface area contributed by atoms with Gasteiger partial charge < -0.3 is 73.0 Å². The number of carbonyl (C=O) groups is 8. The van der Waals surface area contributed by atoms with Gasteiger partial charge in [0.2, 0.25) is 0 Å². The molecular formula is C66H78N2O21. The molecule has 0 spiro atoms. The number of benzene rings is 4. The summed E-state index contributed by atoms with van der Waals surface area (Å²) in [5.41, 5.74) is -6.86. The predicted molar refractivity (Wildman–Crippen MR) is 314 cm³/mol. The van der Waals surface area contributed by atoms with E-state index >= 15 is 4.79 Å². The summed E-state index contributed by atoms with van der Waals surface area (Å²) in [6, 6.07) is 32.0. The number of carbonyl (C=O) groups excluding carboxylic acids is 8. The maximum atomic E-state index is 16.3. The van der Waals surface area contributed by atoms with Gasteiger partial charge in [-0.1, -0.05) is 111 Å². The standard InChI is InChI=1S/C66H78N2O21/c1-41-48(86-61(76)54(72)53(45-21-13-8-14-22-45)68-59(74)46-23-15-9-16-24-46)38-66(78)58(88-60(75)47-25-17-10-18-26-47)56-64(6,57(73)55(85-42(2)69)52(41)63(66,4)5)49(37-50-65(56,40-84-50)89-43(3)70)87-51(71)27-29-79-31-33-81-35-36-82-34-32-80-30-28-67-62(77)83-39-44-19-11-7-12-20-44/h7-26,48-50,53-56,58,72,78H,27-40H2,1-6H3,(H,67,77)(H,68,74)/t48-,49-,50+,53-,54+,55+,56?,58?,64+,65-,66+/m0/s1. The van der Waals surface area contributed by atoms with E-state index in [9.17, 15) is 43.8 Å². The number of amides is 2. The lowest BCUT2D eigenvalue weighted by atomic mass is 9.44. The molecule has 1 aliphatic heterocycles. The van der Waals surface area contributed by atoms with E-state index < -0.39 is 131 Å². The number of fused-ring (bicyclic) bond motifs is 5.